The predicted molar refractivity (Wildman–Crippen MR) is 114 cm³/mol. The van der Waals surface area contributed by atoms with Crippen LogP contribution in [0.25, 0.3) is 10.9 Å². The van der Waals surface area contributed by atoms with Crippen molar-refractivity contribution < 1.29 is 19.4 Å². The maximum Gasteiger partial charge on any atom is 0.328 e. The average Bonchev–Trinajstić information content (AvgIpc) is 3.20. The van der Waals surface area contributed by atoms with Gasteiger partial charge in [0.05, 0.1) is 18.2 Å². The number of phenolic OH excluding ortho intramolecular Hbond substituents is 1. The van der Waals surface area contributed by atoms with Crippen molar-refractivity contribution in [2.45, 2.75) is 31.7 Å². The Morgan fingerprint density at radius 1 is 1.20 bits per heavy atom. The molecule has 1 unspecified atom stereocenters. The molecule has 7 heteroatoms. The Bertz CT molecular complexity index is 1130. The minimum atomic E-state index is -0.869. The predicted octanol–water partition coefficient (Wildman–Crippen LogP) is 3.60. The van der Waals surface area contributed by atoms with Gasteiger partial charge in [0.15, 0.2) is 0 Å². The number of aromatic hydroxyl groups is 1. The van der Waals surface area contributed by atoms with E-state index >= 15 is 0 Å². The van der Waals surface area contributed by atoms with Crippen LogP contribution in [0, 0.1) is 0 Å². The van der Waals surface area contributed by atoms with Crippen LogP contribution in [0.5, 0.6) is 5.75 Å². The van der Waals surface area contributed by atoms with E-state index < -0.39 is 12.0 Å². The summed E-state index contributed by atoms with van der Waals surface area (Å²) >= 11 is 6.19. The third kappa shape index (κ3) is 3.96. The average molecular weight is 425 g/mol. The molecule has 1 aromatic heterocycles. The maximum atomic E-state index is 13.4. The van der Waals surface area contributed by atoms with Crippen LogP contribution in [0.15, 0.2) is 42.5 Å². The fourth-order valence-electron chi connectivity index (χ4n) is 3.93. The Hall–Kier alpha value is -3.12. The van der Waals surface area contributed by atoms with Crippen LogP contribution >= 0.6 is 11.6 Å². The number of amides is 1. The molecule has 3 aromatic rings. The number of nitrogens with one attached hydrogen (secondary N) is 1. The van der Waals surface area contributed by atoms with E-state index in [2.05, 4.69) is 5.32 Å². The van der Waals surface area contributed by atoms with Crippen LogP contribution < -0.4 is 5.32 Å². The Balaban J connectivity index is 1.70. The van der Waals surface area contributed by atoms with Crippen LogP contribution in [0.1, 0.15) is 33.6 Å². The first-order chi connectivity index (χ1) is 14.5. The van der Waals surface area contributed by atoms with E-state index in [1.807, 2.05) is 0 Å². The second kappa shape index (κ2) is 8.32. The largest absolute Gasteiger partial charge is 0.508 e. The highest BCUT2D eigenvalue weighted by atomic mass is 35.5. The zero-order valence-corrected chi connectivity index (χ0v) is 17.2. The fraction of sp³-hybridized carbons (Fsp3) is 0.261. The normalized spacial score (nSPS) is 13.7. The van der Waals surface area contributed by atoms with Crippen LogP contribution in [0.3, 0.4) is 0 Å². The monoisotopic (exact) mass is 424 g/mol. The van der Waals surface area contributed by atoms with E-state index in [1.165, 1.54) is 19.2 Å². The summed E-state index contributed by atoms with van der Waals surface area (Å²) in [6, 6.07) is 10.9. The van der Waals surface area contributed by atoms with E-state index in [-0.39, 0.29) is 18.1 Å². The molecule has 154 valence electrons. The summed E-state index contributed by atoms with van der Waals surface area (Å²) in [4.78, 5) is 30.4. The summed E-state index contributed by atoms with van der Waals surface area (Å²) in [7, 11) is 1.29. The number of aryl methyl sites for hydroxylation is 1. The number of pyridine rings is 1. The van der Waals surface area contributed by atoms with Crippen molar-refractivity contribution in [3.8, 4) is 5.75 Å². The van der Waals surface area contributed by atoms with Gasteiger partial charge in [0.25, 0.3) is 5.91 Å². The molecule has 1 amide bonds. The summed E-state index contributed by atoms with van der Waals surface area (Å²) in [5.41, 5.74) is 3.85. The fourth-order valence-corrected chi connectivity index (χ4v) is 4.10. The molecular weight excluding hydrogens is 404 g/mol. The van der Waals surface area contributed by atoms with Gasteiger partial charge in [0.1, 0.15) is 11.8 Å². The van der Waals surface area contributed by atoms with Crippen LogP contribution in [-0.4, -0.2) is 35.1 Å². The second-order valence-corrected chi connectivity index (χ2v) is 7.78. The highest BCUT2D eigenvalue weighted by molar-refractivity contribution is 6.31. The molecule has 4 rings (SSSR count). The number of methoxy groups -OCH3 is 1. The third-order valence-corrected chi connectivity index (χ3v) is 5.60. The van der Waals surface area contributed by atoms with Gasteiger partial charge in [-0.2, -0.15) is 0 Å². The minimum absolute atomic E-state index is 0.133. The van der Waals surface area contributed by atoms with Crippen molar-refractivity contribution in [2.75, 3.05) is 7.11 Å². The highest BCUT2D eigenvalue weighted by Gasteiger charge is 2.28. The SMILES string of the molecule is COC(=O)C(Cc1ccc(O)cc1)NC(=O)c1c2c(nc3ccc(Cl)cc13)CCC2. The van der Waals surface area contributed by atoms with Gasteiger partial charge in [-0.1, -0.05) is 23.7 Å². The number of ether oxygens (including phenoxy) is 1. The first kappa shape index (κ1) is 20.2. The lowest BCUT2D eigenvalue weighted by Crippen LogP contribution is -2.43. The molecule has 2 N–H and O–H groups in total. The van der Waals surface area contributed by atoms with Crippen molar-refractivity contribution in [3.63, 3.8) is 0 Å². The lowest BCUT2D eigenvalue weighted by molar-refractivity contribution is -0.142. The molecule has 1 aliphatic carbocycles. The molecular formula is C23H21ClN2O4. The van der Waals surface area contributed by atoms with Gasteiger partial charge in [-0.3, -0.25) is 9.78 Å². The molecule has 0 fully saturated rings. The third-order valence-electron chi connectivity index (χ3n) is 5.37. The number of rotatable bonds is 5. The Morgan fingerprint density at radius 2 is 1.97 bits per heavy atom. The number of hydrogen-bond acceptors (Lipinski definition) is 5. The van der Waals surface area contributed by atoms with E-state index in [0.29, 0.717) is 21.5 Å². The quantitative estimate of drug-likeness (QED) is 0.611. The molecule has 0 aliphatic heterocycles. The zero-order chi connectivity index (χ0) is 21.3. The van der Waals surface area contributed by atoms with Crippen molar-refractivity contribution >= 4 is 34.4 Å². The molecule has 1 atom stereocenters. The van der Waals surface area contributed by atoms with Gasteiger partial charge in [0.2, 0.25) is 0 Å². The Kier molecular flexibility index (Phi) is 5.59. The number of phenols is 1. The molecule has 6 nitrogen and oxygen atoms in total. The maximum absolute atomic E-state index is 13.4. The Morgan fingerprint density at radius 3 is 2.70 bits per heavy atom. The summed E-state index contributed by atoms with van der Waals surface area (Å²) in [5.74, 6) is -0.755. The van der Waals surface area contributed by atoms with E-state index in [4.69, 9.17) is 21.3 Å². The van der Waals surface area contributed by atoms with Gasteiger partial charge < -0.3 is 15.2 Å². The Labute approximate surface area is 178 Å². The number of benzene rings is 2. The first-order valence-electron chi connectivity index (χ1n) is 9.74. The van der Waals surface area contributed by atoms with Gasteiger partial charge >= 0.3 is 5.97 Å². The van der Waals surface area contributed by atoms with Crippen LogP contribution in [-0.2, 0) is 28.8 Å². The lowest BCUT2D eigenvalue weighted by atomic mass is 9.99. The van der Waals surface area contributed by atoms with E-state index in [0.717, 1.165) is 36.1 Å². The standard InChI is InChI=1S/C23H21ClN2O4/c1-30-23(29)20(11-13-5-8-15(27)9-6-13)26-22(28)21-16-3-2-4-18(16)25-19-10-7-14(24)12-17(19)21/h5-10,12,20,27H,2-4,11H2,1H3,(H,26,28). The molecule has 1 aliphatic rings. The number of carbonyl (C=O) groups is 2. The lowest BCUT2D eigenvalue weighted by Gasteiger charge is -2.19. The number of halogens is 1. The number of nitrogens with zero attached hydrogens (tertiary/aromatic N) is 1. The van der Waals surface area contributed by atoms with Crippen LogP contribution in [0.4, 0.5) is 0 Å². The van der Waals surface area contributed by atoms with Crippen molar-refractivity contribution in [1.29, 1.82) is 0 Å². The number of esters is 1. The molecule has 0 bridgehead atoms. The molecule has 0 saturated heterocycles. The molecule has 1 heterocycles. The van der Waals surface area contributed by atoms with Crippen LogP contribution in [0.2, 0.25) is 5.02 Å². The summed E-state index contributed by atoms with van der Waals surface area (Å²) in [5, 5.41) is 13.5. The van der Waals surface area contributed by atoms with E-state index in [1.54, 1.807) is 30.3 Å². The van der Waals surface area contributed by atoms with Gasteiger partial charge in [-0.15, -0.1) is 0 Å². The van der Waals surface area contributed by atoms with Crippen molar-refractivity contribution in [1.82, 2.24) is 10.3 Å². The van der Waals surface area contributed by atoms with Gasteiger partial charge in [-0.05, 0) is 60.7 Å². The molecule has 0 radical (unpaired) electrons. The summed E-state index contributed by atoms with van der Waals surface area (Å²) in [6.07, 6.45) is 2.75. The molecule has 0 saturated carbocycles. The smallest absolute Gasteiger partial charge is 0.328 e. The summed E-state index contributed by atoms with van der Waals surface area (Å²) in [6.45, 7) is 0. The topological polar surface area (TPSA) is 88.5 Å². The van der Waals surface area contributed by atoms with Crippen molar-refractivity contribution in [3.05, 3.63) is 69.9 Å². The molecule has 0 spiro atoms. The molecule has 2 aromatic carbocycles. The van der Waals surface area contributed by atoms with Crippen molar-refractivity contribution in [2.24, 2.45) is 0 Å². The minimum Gasteiger partial charge on any atom is -0.508 e. The molecule has 30 heavy (non-hydrogen) atoms. The number of fused-ring (bicyclic) bond motifs is 2. The highest BCUT2D eigenvalue weighted by Crippen LogP contribution is 2.31. The summed E-state index contributed by atoms with van der Waals surface area (Å²) < 4.78 is 4.91. The zero-order valence-electron chi connectivity index (χ0n) is 16.4. The number of aromatic nitrogens is 1. The first-order valence-corrected chi connectivity index (χ1v) is 10.1. The van der Waals surface area contributed by atoms with Gasteiger partial charge in [0, 0.05) is 22.5 Å². The number of hydrogen-bond donors (Lipinski definition) is 2. The van der Waals surface area contributed by atoms with E-state index in [9.17, 15) is 14.7 Å². The number of carbonyl (C=O) groups excluding carboxylic acids is 2. The van der Waals surface area contributed by atoms with Gasteiger partial charge in [-0.25, -0.2) is 4.79 Å². The second-order valence-electron chi connectivity index (χ2n) is 7.35.